The van der Waals surface area contributed by atoms with E-state index < -0.39 is 0 Å². The predicted octanol–water partition coefficient (Wildman–Crippen LogP) is 5.06. The van der Waals surface area contributed by atoms with Crippen LogP contribution in [0.25, 0.3) is 16.5 Å². The van der Waals surface area contributed by atoms with Gasteiger partial charge in [0.1, 0.15) is 12.4 Å². The molecule has 25 heavy (non-hydrogen) atoms. The van der Waals surface area contributed by atoms with Gasteiger partial charge in [0.05, 0.1) is 16.1 Å². The number of aromatic amines is 1. The molecular formula is C20H16ClNO2S. The van der Waals surface area contributed by atoms with Gasteiger partial charge >= 0.3 is 0 Å². The second-order valence-electron chi connectivity index (χ2n) is 5.94. The Kier molecular flexibility index (Phi) is 4.32. The molecule has 0 saturated carbocycles. The van der Waals surface area contributed by atoms with E-state index in [-0.39, 0.29) is 5.43 Å². The second kappa shape index (κ2) is 6.62. The summed E-state index contributed by atoms with van der Waals surface area (Å²) in [6.07, 6.45) is 2.07. The minimum absolute atomic E-state index is 0.0548. The number of hydrogen-bond acceptors (Lipinski definition) is 3. The van der Waals surface area contributed by atoms with Crippen molar-refractivity contribution >= 4 is 39.8 Å². The Morgan fingerprint density at radius 3 is 2.92 bits per heavy atom. The third kappa shape index (κ3) is 3.08. The number of aromatic nitrogens is 1. The van der Waals surface area contributed by atoms with Crippen molar-refractivity contribution in [3.8, 4) is 5.75 Å². The summed E-state index contributed by atoms with van der Waals surface area (Å²) in [5.74, 6) is 1.60. The molecule has 1 N–H and O–H groups in total. The van der Waals surface area contributed by atoms with Crippen molar-refractivity contribution in [1.29, 1.82) is 0 Å². The third-order valence-electron chi connectivity index (χ3n) is 4.27. The van der Waals surface area contributed by atoms with E-state index in [1.807, 2.05) is 49.4 Å². The first-order chi connectivity index (χ1) is 12.1. The Hall–Kier alpha value is -2.17. The molecule has 0 saturated heterocycles. The number of pyridine rings is 1. The van der Waals surface area contributed by atoms with Gasteiger partial charge in [0.15, 0.2) is 5.43 Å². The topological polar surface area (TPSA) is 42.1 Å². The average molecular weight is 370 g/mol. The summed E-state index contributed by atoms with van der Waals surface area (Å²) in [4.78, 5) is 16.3. The van der Waals surface area contributed by atoms with Crippen LogP contribution in [0.2, 0.25) is 5.02 Å². The van der Waals surface area contributed by atoms with E-state index in [1.54, 1.807) is 11.8 Å². The third-order valence-corrected chi connectivity index (χ3v) is 5.44. The molecule has 0 aliphatic carbocycles. The lowest BCUT2D eigenvalue weighted by molar-refractivity contribution is 0.366. The zero-order chi connectivity index (χ0) is 17.4. The number of thioether (sulfide) groups is 1. The minimum atomic E-state index is 0.0548. The molecule has 126 valence electrons. The van der Waals surface area contributed by atoms with Crippen LogP contribution in [0.1, 0.15) is 11.1 Å². The van der Waals surface area contributed by atoms with Crippen LogP contribution in [0.3, 0.4) is 0 Å². The normalized spacial score (nSPS) is 13.4. The van der Waals surface area contributed by atoms with Gasteiger partial charge in [-0.1, -0.05) is 29.8 Å². The summed E-state index contributed by atoms with van der Waals surface area (Å²) in [7, 11) is 0. The molecule has 0 atom stereocenters. The van der Waals surface area contributed by atoms with E-state index in [2.05, 4.69) is 11.1 Å². The quantitative estimate of drug-likeness (QED) is 0.701. The first-order valence-electron chi connectivity index (χ1n) is 7.99. The fraction of sp³-hybridized carbons (Fsp3) is 0.150. The second-order valence-corrected chi connectivity index (χ2v) is 7.41. The maximum atomic E-state index is 13.0. The van der Waals surface area contributed by atoms with Crippen LogP contribution in [0.15, 0.2) is 58.4 Å². The standard InChI is InChI=1S/C20H16ClNO2S/c1-12-10-14(21)6-7-17(12)24-11-13-8-9-25-20-18(13)19(23)15-4-2-3-5-16(15)22-20/h2-8,10H,9,11H2,1H3,(H,22,23). The molecule has 0 fully saturated rings. The van der Waals surface area contributed by atoms with Crippen molar-refractivity contribution in [1.82, 2.24) is 4.98 Å². The van der Waals surface area contributed by atoms with Gasteiger partial charge in [-0.3, -0.25) is 4.79 Å². The van der Waals surface area contributed by atoms with Gasteiger partial charge < -0.3 is 9.72 Å². The van der Waals surface area contributed by atoms with E-state index in [9.17, 15) is 4.79 Å². The Bertz CT molecular complexity index is 1060. The average Bonchev–Trinajstić information content (AvgIpc) is 2.61. The molecule has 0 spiro atoms. The molecule has 4 rings (SSSR count). The van der Waals surface area contributed by atoms with Gasteiger partial charge in [0.2, 0.25) is 0 Å². The lowest BCUT2D eigenvalue weighted by atomic mass is 10.0. The van der Waals surface area contributed by atoms with E-state index in [4.69, 9.17) is 16.3 Å². The maximum absolute atomic E-state index is 13.0. The van der Waals surface area contributed by atoms with Crippen LogP contribution in [-0.4, -0.2) is 17.3 Å². The first-order valence-corrected chi connectivity index (χ1v) is 9.36. The first kappa shape index (κ1) is 16.3. The van der Waals surface area contributed by atoms with Gasteiger partial charge in [0.25, 0.3) is 0 Å². The van der Waals surface area contributed by atoms with Crippen LogP contribution in [-0.2, 0) is 0 Å². The Balaban J connectivity index is 1.70. The highest BCUT2D eigenvalue weighted by molar-refractivity contribution is 7.99. The molecule has 0 bridgehead atoms. The summed E-state index contributed by atoms with van der Waals surface area (Å²) in [5.41, 5.74) is 3.55. The Morgan fingerprint density at radius 1 is 1.24 bits per heavy atom. The SMILES string of the molecule is Cc1cc(Cl)ccc1OCC1=CCSc2[nH]c3ccccc3c(=O)c21. The number of nitrogens with one attached hydrogen (secondary N) is 1. The highest BCUT2D eigenvalue weighted by Gasteiger charge is 2.20. The number of ether oxygens (including phenoxy) is 1. The van der Waals surface area contributed by atoms with Gasteiger partial charge in [-0.05, 0) is 48.4 Å². The monoisotopic (exact) mass is 369 g/mol. The van der Waals surface area contributed by atoms with Crippen molar-refractivity contribution in [2.75, 3.05) is 12.4 Å². The van der Waals surface area contributed by atoms with Crippen molar-refractivity contribution in [2.24, 2.45) is 0 Å². The number of H-pyrrole nitrogens is 1. The fourth-order valence-electron chi connectivity index (χ4n) is 3.00. The zero-order valence-corrected chi connectivity index (χ0v) is 15.2. The summed E-state index contributed by atoms with van der Waals surface area (Å²) in [6, 6.07) is 13.2. The molecule has 0 amide bonds. The summed E-state index contributed by atoms with van der Waals surface area (Å²) in [5, 5.41) is 2.31. The Labute approximate surface area is 154 Å². The summed E-state index contributed by atoms with van der Waals surface area (Å²) < 4.78 is 5.97. The number of benzene rings is 2. The number of fused-ring (bicyclic) bond motifs is 2. The van der Waals surface area contributed by atoms with E-state index >= 15 is 0 Å². The van der Waals surface area contributed by atoms with E-state index in [0.717, 1.165) is 38.7 Å². The minimum Gasteiger partial charge on any atom is -0.489 e. The zero-order valence-electron chi connectivity index (χ0n) is 13.6. The predicted molar refractivity (Wildman–Crippen MR) is 105 cm³/mol. The van der Waals surface area contributed by atoms with Crippen molar-refractivity contribution < 1.29 is 4.74 Å². The van der Waals surface area contributed by atoms with Gasteiger partial charge in [0, 0.05) is 16.2 Å². The van der Waals surface area contributed by atoms with Gasteiger partial charge in [-0.2, -0.15) is 0 Å². The van der Waals surface area contributed by atoms with Crippen molar-refractivity contribution in [2.45, 2.75) is 11.9 Å². The summed E-state index contributed by atoms with van der Waals surface area (Å²) in [6.45, 7) is 2.32. The molecule has 2 aromatic carbocycles. The van der Waals surface area contributed by atoms with Crippen LogP contribution in [0.5, 0.6) is 5.75 Å². The number of aryl methyl sites for hydroxylation is 1. The van der Waals surface area contributed by atoms with Gasteiger partial charge in [-0.15, -0.1) is 11.8 Å². The highest BCUT2D eigenvalue weighted by atomic mass is 35.5. The molecule has 1 aromatic heterocycles. The molecule has 1 aliphatic heterocycles. The van der Waals surface area contributed by atoms with Crippen molar-refractivity contribution in [3.05, 3.63) is 74.9 Å². The van der Waals surface area contributed by atoms with Crippen LogP contribution >= 0.6 is 23.4 Å². The molecule has 1 aliphatic rings. The summed E-state index contributed by atoms with van der Waals surface area (Å²) >= 11 is 7.64. The fourth-order valence-corrected chi connectivity index (χ4v) is 4.23. The van der Waals surface area contributed by atoms with Crippen LogP contribution in [0.4, 0.5) is 0 Å². The maximum Gasteiger partial charge on any atom is 0.198 e. The smallest absolute Gasteiger partial charge is 0.198 e. The molecule has 5 heteroatoms. The molecule has 3 aromatic rings. The van der Waals surface area contributed by atoms with E-state index in [0.29, 0.717) is 17.0 Å². The largest absolute Gasteiger partial charge is 0.489 e. The Morgan fingerprint density at radius 2 is 2.08 bits per heavy atom. The molecular weight excluding hydrogens is 354 g/mol. The number of para-hydroxylation sites is 1. The molecule has 3 nitrogen and oxygen atoms in total. The van der Waals surface area contributed by atoms with Gasteiger partial charge in [-0.25, -0.2) is 0 Å². The molecule has 0 radical (unpaired) electrons. The number of hydrogen-bond donors (Lipinski definition) is 1. The highest BCUT2D eigenvalue weighted by Crippen LogP contribution is 2.32. The lowest BCUT2D eigenvalue weighted by Gasteiger charge is -2.18. The number of rotatable bonds is 3. The van der Waals surface area contributed by atoms with E-state index in [1.165, 1.54) is 0 Å². The lowest BCUT2D eigenvalue weighted by Crippen LogP contribution is -2.17. The van der Waals surface area contributed by atoms with Crippen LogP contribution in [0, 0.1) is 6.92 Å². The molecule has 0 unspecified atom stereocenters. The molecule has 2 heterocycles. The van der Waals surface area contributed by atoms with Crippen molar-refractivity contribution in [3.63, 3.8) is 0 Å². The van der Waals surface area contributed by atoms with Crippen LogP contribution < -0.4 is 10.2 Å². The number of halogens is 1.